The Kier molecular flexibility index (Phi) is 4.83. The van der Waals surface area contributed by atoms with Crippen LogP contribution in [-0.4, -0.2) is 13.0 Å². The van der Waals surface area contributed by atoms with Crippen molar-refractivity contribution < 1.29 is 8.42 Å². The van der Waals surface area contributed by atoms with Crippen molar-refractivity contribution in [3.8, 4) is 11.3 Å². The fraction of sp³-hybridized carbons (Fsp3) is 0.118. The van der Waals surface area contributed by atoms with E-state index in [9.17, 15) is 8.42 Å². The monoisotopic (exact) mass is 393 g/mol. The Balaban J connectivity index is 2.09. The quantitative estimate of drug-likeness (QED) is 0.738. The van der Waals surface area contributed by atoms with Crippen LogP contribution in [0.25, 0.3) is 11.3 Å². The maximum Gasteiger partial charge on any atom is 0.239 e. The Labute approximate surface area is 155 Å². The number of nitrogens with two attached hydrogens (primary N) is 1. The third kappa shape index (κ3) is 3.85. The topological polar surface area (TPSA) is 77.4 Å². The van der Waals surface area contributed by atoms with Gasteiger partial charge < -0.3 is 4.57 Å². The van der Waals surface area contributed by atoms with E-state index in [0.717, 1.165) is 16.2 Å². The minimum Gasteiger partial charge on any atom is -0.320 e. The smallest absolute Gasteiger partial charge is 0.239 e. The van der Waals surface area contributed by atoms with Crippen molar-refractivity contribution in [3.63, 3.8) is 0 Å². The minimum atomic E-state index is -3.88. The van der Waals surface area contributed by atoms with Crippen LogP contribution < -0.4 is 9.94 Å². The highest BCUT2D eigenvalue weighted by Crippen LogP contribution is 2.27. The van der Waals surface area contributed by atoms with Gasteiger partial charge >= 0.3 is 0 Å². The molecule has 0 saturated carbocycles. The van der Waals surface area contributed by atoms with Crippen molar-refractivity contribution in [1.29, 1.82) is 0 Å². The first-order valence-corrected chi connectivity index (χ1v) is 10.1. The third-order valence-corrected chi connectivity index (χ3v) is 6.03. The Hall–Kier alpha value is -1.93. The zero-order valence-electron chi connectivity index (χ0n) is 13.6. The van der Waals surface area contributed by atoms with E-state index in [-0.39, 0.29) is 9.92 Å². The molecule has 0 fully saturated rings. The van der Waals surface area contributed by atoms with Crippen molar-refractivity contribution in [1.82, 2.24) is 4.57 Å². The maximum atomic E-state index is 11.7. The normalized spacial score (nSPS) is 12.6. The lowest BCUT2D eigenvalue weighted by Gasteiger charge is -2.07. The Morgan fingerprint density at radius 2 is 1.84 bits per heavy atom. The van der Waals surface area contributed by atoms with E-state index in [1.807, 2.05) is 48.2 Å². The highest BCUT2D eigenvalue weighted by molar-refractivity contribution is 7.89. The van der Waals surface area contributed by atoms with Crippen LogP contribution in [0.2, 0.25) is 5.02 Å². The molecule has 25 heavy (non-hydrogen) atoms. The van der Waals surface area contributed by atoms with E-state index < -0.39 is 10.0 Å². The Morgan fingerprint density at radius 3 is 2.48 bits per heavy atom. The van der Waals surface area contributed by atoms with E-state index in [0.29, 0.717) is 5.56 Å². The zero-order chi connectivity index (χ0) is 18.2. The number of hydrogen-bond acceptors (Lipinski definition) is 4. The van der Waals surface area contributed by atoms with E-state index >= 15 is 0 Å². The molecule has 0 spiro atoms. The summed E-state index contributed by atoms with van der Waals surface area (Å²) in [5, 5.41) is 7.25. The molecule has 0 bridgehead atoms. The molecule has 2 aromatic carbocycles. The molecule has 8 heteroatoms. The second-order valence-corrected chi connectivity index (χ2v) is 8.37. The largest absolute Gasteiger partial charge is 0.320 e. The molecule has 0 saturated heterocycles. The molecule has 0 aliphatic carbocycles. The number of aromatic nitrogens is 1. The number of rotatable bonds is 3. The van der Waals surface area contributed by atoms with Crippen LogP contribution in [-0.2, 0) is 17.1 Å². The first-order valence-electron chi connectivity index (χ1n) is 7.34. The molecule has 0 radical (unpaired) electrons. The van der Waals surface area contributed by atoms with Crippen molar-refractivity contribution >= 4 is 38.6 Å². The molecule has 3 rings (SSSR count). The Morgan fingerprint density at radius 1 is 1.16 bits per heavy atom. The number of nitrogens with zero attached hydrogens (tertiary/aromatic N) is 2. The first-order chi connectivity index (χ1) is 11.8. The second kappa shape index (κ2) is 6.76. The SMILES string of the molecule is Cc1ccc(N=c2scc(-c3ccc(Cl)c(S(N)(=O)=O)c3)n2C)cc1. The third-order valence-electron chi connectivity index (χ3n) is 3.72. The average molecular weight is 394 g/mol. The van der Waals surface area contributed by atoms with Crippen LogP contribution in [0.1, 0.15) is 5.56 Å². The molecule has 0 atom stereocenters. The van der Waals surface area contributed by atoms with Crippen molar-refractivity contribution in [2.45, 2.75) is 11.8 Å². The molecular weight excluding hydrogens is 378 g/mol. The number of sulfonamides is 1. The fourth-order valence-electron chi connectivity index (χ4n) is 2.34. The highest BCUT2D eigenvalue weighted by Gasteiger charge is 2.15. The summed E-state index contributed by atoms with van der Waals surface area (Å²) in [6.07, 6.45) is 0. The molecule has 2 N–H and O–H groups in total. The molecule has 0 amide bonds. The average Bonchev–Trinajstić information content (AvgIpc) is 2.90. The van der Waals surface area contributed by atoms with Gasteiger partial charge in [0, 0.05) is 18.0 Å². The van der Waals surface area contributed by atoms with Crippen molar-refractivity contribution in [3.05, 3.63) is 63.2 Å². The van der Waals surface area contributed by atoms with E-state index in [2.05, 4.69) is 4.99 Å². The lowest BCUT2D eigenvalue weighted by atomic mass is 10.2. The zero-order valence-corrected chi connectivity index (χ0v) is 16.0. The predicted molar refractivity (Wildman–Crippen MR) is 102 cm³/mol. The number of halogens is 1. The lowest BCUT2D eigenvalue weighted by molar-refractivity contribution is 0.598. The van der Waals surface area contributed by atoms with Crippen LogP contribution >= 0.6 is 22.9 Å². The lowest BCUT2D eigenvalue weighted by Crippen LogP contribution is -2.13. The summed E-state index contributed by atoms with van der Waals surface area (Å²) in [5.41, 5.74) is 3.57. The summed E-state index contributed by atoms with van der Waals surface area (Å²) < 4.78 is 25.2. The van der Waals surface area contributed by atoms with Crippen LogP contribution in [0.15, 0.2) is 57.7 Å². The summed E-state index contributed by atoms with van der Waals surface area (Å²) in [5.74, 6) is 0. The number of primary sulfonamides is 1. The number of thiazole rings is 1. The molecule has 130 valence electrons. The molecule has 3 aromatic rings. The van der Waals surface area contributed by atoms with Gasteiger partial charge in [0.15, 0.2) is 4.80 Å². The first kappa shape index (κ1) is 17.9. The van der Waals surface area contributed by atoms with Crippen molar-refractivity contribution in [2.75, 3.05) is 0 Å². The Bertz CT molecular complexity index is 1100. The van der Waals surface area contributed by atoms with Gasteiger partial charge in [-0.1, -0.05) is 35.4 Å². The van der Waals surface area contributed by atoms with E-state index in [4.69, 9.17) is 16.7 Å². The second-order valence-electron chi connectivity index (χ2n) is 5.60. The van der Waals surface area contributed by atoms with Crippen LogP contribution in [0.4, 0.5) is 5.69 Å². The summed E-state index contributed by atoms with van der Waals surface area (Å²) in [6, 6.07) is 12.7. The fourth-order valence-corrected chi connectivity index (χ4v) is 4.34. The van der Waals surface area contributed by atoms with Gasteiger partial charge in [0.05, 0.1) is 16.4 Å². The maximum absolute atomic E-state index is 11.7. The summed E-state index contributed by atoms with van der Waals surface area (Å²) in [6.45, 7) is 2.02. The van der Waals surface area contributed by atoms with Gasteiger partial charge in [-0.2, -0.15) is 0 Å². The molecule has 1 aromatic heterocycles. The van der Waals surface area contributed by atoms with Gasteiger partial charge in [-0.15, -0.1) is 11.3 Å². The van der Waals surface area contributed by atoms with Gasteiger partial charge in [-0.3, -0.25) is 0 Å². The molecular formula is C17H16ClN3O2S2. The summed E-state index contributed by atoms with van der Waals surface area (Å²) in [4.78, 5) is 5.34. The number of hydrogen-bond donors (Lipinski definition) is 1. The van der Waals surface area contributed by atoms with E-state index in [1.165, 1.54) is 29.0 Å². The molecule has 0 aliphatic heterocycles. The molecule has 5 nitrogen and oxygen atoms in total. The molecule has 0 unspecified atom stereocenters. The van der Waals surface area contributed by atoms with Gasteiger partial charge in [-0.25, -0.2) is 18.5 Å². The summed E-state index contributed by atoms with van der Waals surface area (Å²) in [7, 11) is -2.00. The number of benzene rings is 2. The van der Waals surface area contributed by atoms with E-state index in [1.54, 1.807) is 6.07 Å². The van der Waals surface area contributed by atoms with Crippen LogP contribution in [0.3, 0.4) is 0 Å². The molecule has 0 aliphatic rings. The van der Waals surface area contributed by atoms with Gasteiger partial charge in [0.25, 0.3) is 0 Å². The highest BCUT2D eigenvalue weighted by atomic mass is 35.5. The minimum absolute atomic E-state index is 0.0881. The summed E-state index contributed by atoms with van der Waals surface area (Å²) >= 11 is 7.42. The molecule has 1 heterocycles. The van der Waals surface area contributed by atoms with Gasteiger partial charge in [0.2, 0.25) is 10.0 Å². The predicted octanol–water partition coefficient (Wildman–Crippen LogP) is 3.60. The van der Waals surface area contributed by atoms with Gasteiger partial charge in [0.1, 0.15) is 4.90 Å². The van der Waals surface area contributed by atoms with Crippen LogP contribution in [0.5, 0.6) is 0 Å². The van der Waals surface area contributed by atoms with Crippen LogP contribution in [0, 0.1) is 6.92 Å². The van der Waals surface area contributed by atoms with Crippen molar-refractivity contribution in [2.24, 2.45) is 17.2 Å². The van der Waals surface area contributed by atoms with Gasteiger partial charge in [-0.05, 0) is 31.2 Å². The standard InChI is InChI=1S/C17H16ClN3O2S2/c1-11-3-6-13(7-4-11)20-17-21(2)15(10-24-17)12-5-8-14(18)16(9-12)25(19,22)23/h3-10H,1-2H3,(H2,19,22,23). The number of aryl methyl sites for hydroxylation is 1.